The molecule has 0 aliphatic heterocycles. The second-order valence-electron chi connectivity index (χ2n) is 6.53. The van der Waals surface area contributed by atoms with Gasteiger partial charge in [-0.05, 0) is 49.6 Å². The highest BCUT2D eigenvalue weighted by molar-refractivity contribution is 5.90. The standard InChI is InChI=1S/C21H23N3O3/c1-13-7-6-10-19(14(13)2)27-15(3)21(26)24-23-20(25)11-16-12-22-18-9-5-4-8-17(16)18/h4-10,12,15,22H,11H2,1-3H3,(H,23,25)(H,24,26). The molecule has 0 saturated heterocycles. The third-order valence-electron chi connectivity index (χ3n) is 4.58. The fourth-order valence-corrected chi connectivity index (χ4v) is 2.82. The molecule has 2 aromatic carbocycles. The number of amides is 2. The number of hydrogen-bond acceptors (Lipinski definition) is 3. The Balaban J connectivity index is 1.53. The Hall–Kier alpha value is -3.28. The largest absolute Gasteiger partial charge is 0.481 e. The van der Waals surface area contributed by atoms with E-state index >= 15 is 0 Å². The number of fused-ring (bicyclic) bond motifs is 1. The number of aryl methyl sites for hydroxylation is 1. The average molecular weight is 365 g/mol. The van der Waals surface area contributed by atoms with Gasteiger partial charge in [-0.25, -0.2) is 0 Å². The van der Waals surface area contributed by atoms with Crippen molar-refractivity contribution < 1.29 is 14.3 Å². The smallest absolute Gasteiger partial charge is 0.279 e. The first-order valence-electron chi connectivity index (χ1n) is 8.82. The van der Waals surface area contributed by atoms with Crippen LogP contribution in [0, 0.1) is 13.8 Å². The number of benzene rings is 2. The van der Waals surface area contributed by atoms with Gasteiger partial charge in [0.05, 0.1) is 6.42 Å². The summed E-state index contributed by atoms with van der Waals surface area (Å²) in [6, 6.07) is 13.4. The minimum absolute atomic E-state index is 0.163. The minimum atomic E-state index is -0.737. The molecule has 1 atom stereocenters. The van der Waals surface area contributed by atoms with Crippen LogP contribution in [0.2, 0.25) is 0 Å². The van der Waals surface area contributed by atoms with E-state index in [1.54, 1.807) is 13.1 Å². The molecule has 1 unspecified atom stereocenters. The fourth-order valence-electron chi connectivity index (χ4n) is 2.82. The number of H-pyrrole nitrogens is 1. The molecule has 0 bridgehead atoms. The first-order valence-corrected chi connectivity index (χ1v) is 8.82. The Morgan fingerprint density at radius 3 is 2.67 bits per heavy atom. The van der Waals surface area contributed by atoms with Crippen molar-refractivity contribution >= 4 is 22.7 Å². The number of hydrogen-bond donors (Lipinski definition) is 3. The van der Waals surface area contributed by atoms with Crippen LogP contribution in [0.3, 0.4) is 0 Å². The number of ether oxygens (including phenoxy) is 1. The van der Waals surface area contributed by atoms with Gasteiger partial charge in [0.1, 0.15) is 5.75 Å². The zero-order valence-corrected chi connectivity index (χ0v) is 15.6. The van der Waals surface area contributed by atoms with Gasteiger partial charge in [0.15, 0.2) is 6.10 Å². The number of carbonyl (C=O) groups is 2. The molecule has 140 valence electrons. The normalized spacial score (nSPS) is 11.8. The van der Waals surface area contributed by atoms with Crippen molar-refractivity contribution in [2.24, 2.45) is 0 Å². The summed E-state index contributed by atoms with van der Waals surface area (Å²) in [5.74, 6) is -0.0574. The van der Waals surface area contributed by atoms with Crippen molar-refractivity contribution in [2.45, 2.75) is 33.3 Å². The van der Waals surface area contributed by atoms with Crippen molar-refractivity contribution in [1.82, 2.24) is 15.8 Å². The van der Waals surface area contributed by atoms with E-state index in [4.69, 9.17) is 4.74 Å². The number of hydrazine groups is 1. The SMILES string of the molecule is Cc1cccc(OC(C)C(=O)NNC(=O)Cc2c[nH]c3ccccc23)c1C. The maximum Gasteiger partial charge on any atom is 0.279 e. The molecule has 1 heterocycles. The lowest BCUT2D eigenvalue weighted by Crippen LogP contribution is -2.47. The molecular weight excluding hydrogens is 342 g/mol. The molecule has 0 spiro atoms. The average Bonchev–Trinajstić information content (AvgIpc) is 3.06. The van der Waals surface area contributed by atoms with E-state index in [-0.39, 0.29) is 12.3 Å². The molecule has 27 heavy (non-hydrogen) atoms. The Morgan fingerprint density at radius 2 is 1.85 bits per heavy atom. The van der Waals surface area contributed by atoms with Crippen LogP contribution in [0.5, 0.6) is 5.75 Å². The minimum Gasteiger partial charge on any atom is -0.481 e. The molecule has 6 heteroatoms. The maximum atomic E-state index is 12.2. The van der Waals surface area contributed by atoms with Crippen LogP contribution in [0.25, 0.3) is 10.9 Å². The van der Waals surface area contributed by atoms with Crippen LogP contribution < -0.4 is 15.6 Å². The predicted octanol–water partition coefficient (Wildman–Crippen LogP) is 2.94. The topological polar surface area (TPSA) is 83.2 Å². The molecule has 3 rings (SSSR count). The lowest BCUT2D eigenvalue weighted by Gasteiger charge is -2.17. The summed E-state index contributed by atoms with van der Waals surface area (Å²) in [6.07, 6.45) is 1.23. The van der Waals surface area contributed by atoms with Crippen molar-refractivity contribution in [3.63, 3.8) is 0 Å². The van der Waals surface area contributed by atoms with Crippen molar-refractivity contribution in [3.05, 3.63) is 65.4 Å². The molecule has 3 aromatic rings. The second kappa shape index (κ2) is 7.95. The van der Waals surface area contributed by atoms with Gasteiger partial charge in [-0.3, -0.25) is 20.4 Å². The number of nitrogens with one attached hydrogen (secondary N) is 3. The van der Waals surface area contributed by atoms with E-state index in [1.807, 2.05) is 56.3 Å². The summed E-state index contributed by atoms with van der Waals surface area (Å²) in [5, 5.41) is 0.991. The van der Waals surface area contributed by atoms with E-state index in [0.717, 1.165) is 27.6 Å². The quantitative estimate of drug-likeness (QED) is 0.608. The van der Waals surface area contributed by atoms with E-state index in [1.165, 1.54) is 0 Å². The van der Waals surface area contributed by atoms with E-state index < -0.39 is 12.0 Å². The van der Waals surface area contributed by atoms with Gasteiger partial charge in [-0.2, -0.15) is 0 Å². The van der Waals surface area contributed by atoms with Crippen LogP contribution in [-0.4, -0.2) is 22.9 Å². The first-order chi connectivity index (χ1) is 13.0. The molecule has 0 aliphatic carbocycles. The molecule has 0 saturated carbocycles. The summed E-state index contributed by atoms with van der Waals surface area (Å²) in [5.41, 5.74) is 8.79. The van der Waals surface area contributed by atoms with Crippen LogP contribution in [-0.2, 0) is 16.0 Å². The van der Waals surface area contributed by atoms with Crippen LogP contribution in [0.15, 0.2) is 48.7 Å². The van der Waals surface area contributed by atoms with Crippen molar-refractivity contribution in [3.8, 4) is 5.75 Å². The van der Waals surface area contributed by atoms with Gasteiger partial charge < -0.3 is 9.72 Å². The highest BCUT2D eigenvalue weighted by Gasteiger charge is 2.17. The lowest BCUT2D eigenvalue weighted by atomic mass is 10.1. The zero-order chi connectivity index (χ0) is 19.4. The van der Waals surface area contributed by atoms with E-state index in [2.05, 4.69) is 15.8 Å². The van der Waals surface area contributed by atoms with Gasteiger partial charge in [-0.15, -0.1) is 0 Å². The highest BCUT2D eigenvalue weighted by atomic mass is 16.5. The predicted molar refractivity (Wildman–Crippen MR) is 104 cm³/mol. The molecule has 1 aromatic heterocycles. The number of aromatic amines is 1. The van der Waals surface area contributed by atoms with Gasteiger partial charge in [0.2, 0.25) is 5.91 Å². The number of rotatable bonds is 5. The molecular formula is C21H23N3O3. The van der Waals surface area contributed by atoms with Crippen molar-refractivity contribution in [1.29, 1.82) is 0 Å². The molecule has 0 fully saturated rings. The Labute approximate surface area is 157 Å². The Morgan fingerprint density at radius 1 is 1.07 bits per heavy atom. The summed E-state index contributed by atoms with van der Waals surface area (Å²) in [4.78, 5) is 27.5. The zero-order valence-electron chi connectivity index (χ0n) is 15.6. The maximum absolute atomic E-state index is 12.2. The lowest BCUT2D eigenvalue weighted by molar-refractivity contribution is -0.132. The van der Waals surface area contributed by atoms with E-state index in [9.17, 15) is 9.59 Å². The van der Waals surface area contributed by atoms with Crippen molar-refractivity contribution in [2.75, 3.05) is 0 Å². The van der Waals surface area contributed by atoms with Gasteiger partial charge >= 0.3 is 0 Å². The van der Waals surface area contributed by atoms with Gasteiger partial charge in [0.25, 0.3) is 5.91 Å². The molecule has 6 nitrogen and oxygen atoms in total. The molecule has 2 amide bonds. The first kappa shape index (κ1) is 18.5. The summed E-state index contributed by atoms with van der Waals surface area (Å²) in [7, 11) is 0. The van der Waals surface area contributed by atoms with Crippen LogP contribution in [0.1, 0.15) is 23.6 Å². The Bertz CT molecular complexity index is 978. The summed E-state index contributed by atoms with van der Waals surface area (Å²) >= 11 is 0. The summed E-state index contributed by atoms with van der Waals surface area (Å²) < 4.78 is 5.72. The van der Waals surface area contributed by atoms with Gasteiger partial charge in [-0.1, -0.05) is 30.3 Å². The molecule has 3 N–H and O–H groups in total. The third-order valence-corrected chi connectivity index (χ3v) is 4.58. The Kier molecular flexibility index (Phi) is 5.45. The second-order valence-corrected chi connectivity index (χ2v) is 6.53. The monoisotopic (exact) mass is 365 g/mol. The number of aromatic nitrogens is 1. The number of para-hydroxylation sites is 1. The van der Waals surface area contributed by atoms with Gasteiger partial charge in [0, 0.05) is 17.1 Å². The van der Waals surface area contributed by atoms with E-state index in [0.29, 0.717) is 5.75 Å². The summed E-state index contributed by atoms with van der Waals surface area (Å²) in [6.45, 7) is 5.57. The van der Waals surface area contributed by atoms with Crippen LogP contribution in [0.4, 0.5) is 0 Å². The third kappa shape index (κ3) is 4.28. The fraction of sp³-hybridized carbons (Fsp3) is 0.238. The molecule has 0 aliphatic rings. The van der Waals surface area contributed by atoms with Crippen LogP contribution >= 0.6 is 0 Å². The molecule has 0 radical (unpaired) electrons. The highest BCUT2D eigenvalue weighted by Crippen LogP contribution is 2.21. The number of carbonyl (C=O) groups excluding carboxylic acids is 2.